The lowest BCUT2D eigenvalue weighted by atomic mass is 10.2. The second kappa shape index (κ2) is 8.65. The fourth-order valence-electron chi connectivity index (χ4n) is 1.94. The van der Waals surface area contributed by atoms with Gasteiger partial charge in [0.25, 0.3) is 0 Å². The van der Waals surface area contributed by atoms with E-state index in [4.69, 9.17) is 32.7 Å². The zero-order valence-electron chi connectivity index (χ0n) is 12.6. The molecule has 0 heterocycles. The lowest BCUT2D eigenvalue weighted by Crippen LogP contribution is -2.13. The van der Waals surface area contributed by atoms with Gasteiger partial charge in [0, 0.05) is 16.5 Å². The quantitative estimate of drug-likeness (QED) is 0.727. The summed E-state index contributed by atoms with van der Waals surface area (Å²) in [5.41, 5.74) is 0.559. The predicted molar refractivity (Wildman–Crippen MR) is 92.8 cm³/mol. The molecule has 0 aromatic heterocycles. The van der Waals surface area contributed by atoms with Gasteiger partial charge in [0.15, 0.2) is 0 Å². The van der Waals surface area contributed by atoms with Crippen molar-refractivity contribution >= 4 is 34.8 Å². The molecule has 0 bridgehead atoms. The summed E-state index contributed by atoms with van der Waals surface area (Å²) in [5.74, 6) is 1.18. The molecular weight excluding hydrogens is 337 g/mol. The van der Waals surface area contributed by atoms with Crippen LogP contribution in [0.3, 0.4) is 0 Å². The molecule has 0 spiro atoms. The molecule has 0 saturated carbocycles. The van der Waals surface area contributed by atoms with Gasteiger partial charge in [-0.3, -0.25) is 4.79 Å². The highest BCUT2D eigenvalue weighted by molar-refractivity contribution is 6.31. The van der Waals surface area contributed by atoms with Gasteiger partial charge < -0.3 is 14.8 Å². The summed E-state index contributed by atoms with van der Waals surface area (Å²) < 4.78 is 10.7. The van der Waals surface area contributed by atoms with E-state index in [9.17, 15) is 4.79 Å². The maximum Gasteiger partial charge on any atom is 0.224 e. The van der Waals surface area contributed by atoms with E-state index in [1.807, 2.05) is 0 Å². The molecule has 122 valence electrons. The number of amides is 1. The molecule has 1 N–H and O–H groups in total. The number of rotatable bonds is 7. The normalized spacial score (nSPS) is 10.2. The molecule has 0 aliphatic rings. The number of carbonyl (C=O) groups is 1. The maximum atomic E-state index is 12.0. The number of hydrogen-bond acceptors (Lipinski definition) is 3. The molecule has 0 aliphatic heterocycles. The average molecular weight is 354 g/mol. The Labute approximate surface area is 145 Å². The summed E-state index contributed by atoms with van der Waals surface area (Å²) in [4.78, 5) is 12.0. The minimum absolute atomic E-state index is 0.120. The Morgan fingerprint density at radius 2 is 1.78 bits per heavy atom. The molecule has 4 nitrogen and oxygen atoms in total. The van der Waals surface area contributed by atoms with Gasteiger partial charge in [-0.25, -0.2) is 0 Å². The molecule has 0 radical (unpaired) electrons. The van der Waals surface area contributed by atoms with Gasteiger partial charge in [0.1, 0.15) is 11.5 Å². The maximum absolute atomic E-state index is 12.0. The molecule has 6 heteroatoms. The van der Waals surface area contributed by atoms with E-state index >= 15 is 0 Å². The van der Waals surface area contributed by atoms with Crippen LogP contribution in [0.15, 0.2) is 42.5 Å². The third kappa shape index (κ3) is 5.66. The van der Waals surface area contributed by atoms with Crippen molar-refractivity contribution in [2.24, 2.45) is 0 Å². The molecular formula is C17H17Cl2NO3. The summed E-state index contributed by atoms with van der Waals surface area (Å²) in [6, 6.07) is 12.2. The van der Waals surface area contributed by atoms with Gasteiger partial charge in [0.05, 0.1) is 19.4 Å². The van der Waals surface area contributed by atoms with E-state index in [0.717, 1.165) is 5.75 Å². The van der Waals surface area contributed by atoms with Crippen LogP contribution in [-0.2, 0) is 4.79 Å². The Balaban J connectivity index is 1.77. The number of nitrogens with one attached hydrogen (secondary N) is 1. The van der Waals surface area contributed by atoms with Gasteiger partial charge in [-0.15, -0.1) is 0 Å². The molecule has 0 aliphatic carbocycles. The Bertz CT molecular complexity index is 659. The van der Waals surface area contributed by atoms with Gasteiger partial charge in [-0.05, 0) is 48.9 Å². The first-order valence-corrected chi connectivity index (χ1v) is 7.86. The Morgan fingerprint density at radius 1 is 1.09 bits per heavy atom. The van der Waals surface area contributed by atoms with Crippen LogP contribution in [0.25, 0.3) is 0 Å². The molecule has 1 amide bonds. The van der Waals surface area contributed by atoms with Gasteiger partial charge in [0.2, 0.25) is 5.91 Å². The van der Waals surface area contributed by atoms with Crippen molar-refractivity contribution in [1.82, 2.24) is 0 Å². The standard InChI is InChI=1S/C17H17Cl2NO3/c1-22-16-9-6-13(19)11-15(16)20-17(21)3-2-10-23-14-7-4-12(18)5-8-14/h4-9,11H,2-3,10H2,1H3,(H,20,21). The van der Waals surface area contributed by atoms with Crippen LogP contribution < -0.4 is 14.8 Å². The van der Waals surface area contributed by atoms with Crippen molar-refractivity contribution in [3.8, 4) is 11.5 Å². The number of carbonyl (C=O) groups excluding carboxylic acids is 1. The zero-order valence-corrected chi connectivity index (χ0v) is 14.2. The lowest BCUT2D eigenvalue weighted by molar-refractivity contribution is -0.116. The smallest absolute Gasteiger partial charge is 0.224 e. The molecule has 0 unspecified atom stereocenters. The van der Waals surface area contributed by atoms with E-state index in [1.165, 1.54) is 0 Å². The Kier molecular flexibility index (Phi) is 6.56. The minimum Gasteiger partial charge on any atom is -0.495 e. The van der Waals surface area contributed by atoms with Gasteiger partial charge >= 0.3 is 0 Å². The predicted octanol–water partition coefficient (Wildman–Crippen LogP) is 4.80. The minimum atomic E-state index is -0.120. The Hall–Kier alpha value is -1.91. The third-order valence-corrected chi connectivity index (χ3v) is 3.55. The fourth-order valence-corrected chi connectivity index (χ4v) is 2.24. The lowest BCUT2D eigenvalue weighted by Gasteiger charge is -2.11. The second-order valence-corrected chi connectivity index (χ2v) is 5.67. The van der Waals surface area contributed by atoms with Crippen molar-refractivity contribution in [2.75, 3.05) is 19.0 Å². The first kappa shape index (κ1) is 17.4. The topological polar surface area (TPSA) is 47.6 Å². The molecule has 2 rings (SSSR count). The van der Waals surface area contributed by atoms with E-state index in [-0.39, 0.29) is 5.91 Å². The number of methoxy groups -OCH3 is 1. The van der Waals surface area contributed by atoms with Crippen LogP contribution in [-0.4, -0.2) is 19.6 Å². The van der Waals surface area contributed by atoms with E-state index in [0.29, 0.717) is 40.9 Å². The SMILES string of the molecule is COc1ccc(Cl)cc1NC(=O)CCCOc1ccc(Cl)cc1. The van der Waals surface area contributed by atoms with Crippen LogP contribution >= 0.6 is 23.2 Å². The van der Waals surface area contributed by atoms with Crippen molar-refractivity contribution < 1.29 is 14.3 Å². The highest BCUT2D eigenvalue weighted by Gasteiger charge is 2.08. The molecule has 2 aromatic rings. The van der Waals surface area contributed by atoms with Crippen molar-refractivity contribution in [3.05, 3.63) is 52.5 Å². The van der Waals surface area contributed by atoms with Crippen LogP contribution in [0.1, 0.15) is 12.8 Å². The van der Waals surface area contributed by atoms with Crippen molar-refractivity contribution in [1.29, 1.82) is 0 Å². The summed E-state index contributed by atoms with van der Waals surface area (Å²) in [5, 5.41) is 3.98. The Morgan fingerprint density at radius 3 is 2.48 bits per heavy atom. The highest BCUT2D eigenvalue weighted by atomic mass is 35.5. The van der Waals surface area contributed by atoms with E-state index in [1.54, 1.807) is 49.6 Å². The molecule has 0 fully saturated rings. The zero-order chi connectivity index (χ0) is 16.7. The number of anilines is 1. The number of benzene rings is 2. The summed E-state index contributed by atoms with van der Waals surface area (Å²) in [7, 11) is 1.54. The number of ether oxygens (including phenoxy) is 2. The fraction of sp³-hybridized carbons (Fsp3) is 0.235. The van der Waals surface area contributed by atoms with Crippen molar-refractivity contribution in [3.63, 3.8) is 0 Å². The van der Waals surface area contributed by atoms with Crippen LogP contribution in [0.2, 0.25) is 10.0 Å². The highest BCUT2D eigenvalue weighted by Crippen LogP contribution is 2.27. The average Bonchev–Trinajstić information content (AvgIpc) is 2.53. The summed E-state index contributed by atoms with van der Waals surface area (Å²) in [6.07, 6.45) is 0.931. The monoisotopic (exact) mass is 353 g/mol. The van der Waals surface area contributed by atoms with Crippen LogP contribution in [0.4, 0.5) is 5.69 Å². The molecule has 2 aromatic carbocycles. The van der Waals surface area contributed by atoms with Crippen molar-refractivity contribution in [2.45, 2.75) is 12.8 Å². The number of halogens is 2. The third-order valence-electron chi connectivity index (χ3n) is 3.07. The van der Waals surface area contributed by atoms with E-state index in [2.05, 4.69) is 5.32 Å². The molecule has 23 heavy (non-hydrogen) atoms. The van der Waals surface area contributed by atoms with Crippen LogP contribution in [0.5, 0.6) is 11.5 Å². The number of hydrogen-bond donors (Lipinski definition) is 1. The van der Waals surface area contributed by atoms with Gasteiger partial charge in [-0.1, -0.05) is 23.2 Å². The van der Waals surface area contributed by atoms with E-state index < -0.39 is 0 Å². The molecule has 0 saturated heterocycles. The second-order valence-electron chi connectivity index (χ2n) is 4.80. The largest absolute Gasteiger partial charge is 0.495 e. The van der Waals surface area contributed by atoms with Gasteiger partial charge in [-0.2, -0.15) is 0 Å². The molecule has 0 atom stereocenters. The summed E-state index contributed by atoms with van der Waals surface area (Å²) in [6.45, 7) is 0.446. The van der Waals surface area contributed by atoms with Crippen LogP contribution in [0, 0.1) is 0 Å². The summed E-state index contributed by atoms with van der Waals surface area (Å²) >= 11 is 11.7. The first-order valence-electron chi connectivity index (χ1n) is 7.10. The first-order chi connectivity index (χ1) is 11.1.